The van der Waals surface area contributed by atoms with Crippen molar-refractivity contribution in [3.63, 3.8) is 0 Å². The van der Waals surface area contributed by atoms with Gasteiger partial charge in [-0.2, -0.15) is 4.89 Å². The van der Waals surface area contributed by atoms with Crippen LogP contribution in [0.2, 0.25) is 0 Å². The molecule has 0 fully saturated rings. The lowest BCUT2D eigenvalue weighted by molar-refractivity contribution is 0.502. The number of benzene rings is 1. The van der Waals surface area contributed by atoms with Gasteiger partial charge in [-0.25, -0.2) is 0 Å². The number of halogens is 1. The van der Waals surface area contributed by atoms with E-state index >= 15 is 0 Å². The van der Waals surface area contributed by atoms with Crippen LogP contribution < -0.4 is 0 Å². The highest BCUT2D eigenvalue weighted by molar-refractivity contribution is 7.37. The monoisotopic (exact) mass is 191 g/mol. The molecule has 0 aromatic heterocycles. The molecule has 0 heterocycles. The zero-order chi connectivity index (χ0) is 7.40. The van der Waals surface area contributed by atoms with Crippen molar-refractivity contribution < 1.29 is 9.46 Å². The van der Waals surface area contributed by atoms with Crippen LogP contribution in [0, 0.1) is 0 Å². The van der Waals surface area contributed by atoms with Crippen molar-refractivity contribution in [2.45, 2.75) is 6.16 Å². The molecule has 0 aliphatic carbocycles. The molecule has 0 bridgehead atoms. The zero-order valence-electron chi connectivity index (χ0n) is 5.80. The predicted octanol–water partition coefficient (Wildman–Crippen LogP) is 2.34. The van der Waals surface area contributed by atoms with Crippen molar-refractivity contribution >= 4 is 20.4 Å². The maximum absolute atomic E-state index is 10.3. The molecule has 1 rings (SSSR count). The van der Waals surface area contributed by atoms with Crippen molar-refractivity contribution in [1.29, 1.82) is 0 Å². The van der Waals surface area contributed by atoms with E-state index in [1.54, 1.807) is 0 Å². The second-order valence-electron chi connectivity index (χ2n) is 2.00. The fourth-order valence-electron chi connectivity index (χ4n) is 0.740. The molecule has 0 amide bonds. The molecule has 1 N–H and O–H groups in total. The quantitative estimate of drug-likeness (QED) is 0.729. The Kier molecular flexibility index (Phi) is 5.05. The Labute approximate surface area is 72.5 Å². The van der Waals surface area contributed by atoms with E-state index in [0.717, 1.165) is 5.56 Å². The molecular formula is C7H9ClO2P+. The molecule has 1 aromatic rings. The van der Waals surface area contributed by atoms with Crippen LogP contribution in [0.15, 0.2) is 30.3 Å². The van der Waals surface area contributed by atoms with Gasteiger partial charge in [-0.1, -0.05) is 30.3 Å². The van der Waals surface area contributed by atoms with Crippen molar-refractivity contribution in [2.24, 2.45) is 0 Å². The number of hydrogen-bond acceptors (Lipinski definition) is 1. The molecule has 1 aromatic carbocycles. The van der Waals surface area contributed by atoms with Crippen molar-refractivity contribution in [3.05, 3.63) is 35.9 Å². The van der Waals surface area contributed by atoms with Gasteiger partial charge in [0.1, 0.15) is 0 Å². The van der Waals surface area contributed by atoms with Crippen molar-refractivity contribution in [1.82, 2.24) is 0 Å². The second-order valence-corrected chi connectivity index (χ2v) is 3.02. The minimum Gasteiger partial charge on any atom is -0.160 e. The van der Waals surface area contributed by atoms with Crippen LogP contribution in [0.1, 0.15) is 5.56 Å². The smallest absolute Gasteiger partial charge is 0.160 e. The van der Waals surface area contributed by atoms with Gasteiger partial charge in [-0.15, -0.1) is 12.4 Å². The first-order chi connectivity index (χ1) is 4.79. The highest BCUT2D eigenvalue weighted by atomic mass is 35.5. The fraction of sp³-hybridized carbons (Fsp3) is 0.143. The van der Waals surface area contributed by atoms with Gasteiger partial charge < -0.3 is 0 Å². The van der Waals surface area contributed by atoms with E-state index in [2.05, 4.69) is 0 Å². The largest absolute Gasteiger partial charge is 0.510 e. The molecule has 2 nitrogen and oxygen atoms in total. The third-order valence-electron chi connectivity index (χ3n) is 1.16. The van der Waals surface area contributed by atoms with Gasteiger partial charge in [-0.05, 0) is 4.57 Å². The third kappa shape index (κ3) is 4.10. The van der Waals surface area contributed by atoms with Gasteiger partial charge in [0, 0.05) is 5.56 Å². The molecule has 1 atom stereocenters. The summed E-state index contributed by atoms with van der Waals surface area (Å²) in [5.74, 6) is 0. The summed E-state index contributed by atoms with van der Waals surface area (Å²) in [5, 5.41) is 0. The Hall–Kier alpha value is -0.430. The van der Waals surface area contributed by atoms with E-state index in [1.807, 2.05) is 30.3 Å². The predicted molar refractivity (Wildman–Crippen MR) is 47.2 cm³/mol. The first-order valence-corrected chi connectivity index (χ1v) is 4.36. The highest BCUT2D eigenvalue weighted by Crippen LogP contribution is 2.20. The second kappa shape index (κ2) is 5.25. The third-order valence-corrected chi connectivity index (χ3v) is 1.80. The standard InChI is InChI=1S/C7H7O2P.ClH/c8-10(9)6-7-4-2-1-3-5-7;/h1-5H,6H2;1H/p+1. The van der Waals surface area contributed by atoms with E-state index in [0.29, 0.717) is 0 Å². The van der Waals surface area contributed by atoms with Gasteiger partial charge in [-0.3, -0.25) is 0 Å². The lowest BCUT2D eigenvalue weighted by Crippen LogP contribution is -1.75. The zero-order valence-corrected chi connectivity index (χ0v) is 7.52. The SMILES string of the molecule is Cl.O=[P+](O)Cc1ccccc1. The Bertz CT molecular complexity index is 225. The summed E-state index contributed by atoms with van der Waals surface area (Å²) in [4.78, 5) is 8.52. The van der Waals surface area contributed by atoms with Crippen LogP contribution in [0.25, 0.3) is 0 Å². The molecule has 11 heavy (non-hydrogen) atoms. The molecule has 1 unspecified atom stereocenters. The molecular weight excluding hydrogens is 183 g/mol. The number of hydrogen-bond donors (Lipinski definition) is 1. The summed E-state index contributed by atoms with van der Waals surface area (Å²) in [6, 6.07) is 9.27. The molecule has 0 saturated heterocycles. The first-order valence-electron chi connectivity index (χ1n) is 2.96. The highest BCUT2D eigenvalue weighted by Gasteiger charge is 2.09. The van der Waals surface area contributed by atoms with E-state index in [4.69, 9.17) is 4.89 Å². The maximum Gasteiger partial charge on any atom is 0.510 e. The first kappa shape index (κ1) is 10.6. The average molecular weight is 192 g/mol. The Balaban J connectivity index is 0.000001000. The lowest BCUT2D eigenvalue weighted by atomic mass is 10.2. The molecule has 0 spiro atoms. The van der Waals surface area contributed by atoms with E-state index < -0.39 is 8.03 Å². The Morgan fingerprint density at radius 2 is 1.82 bits per heavy atom. The molecule has 0 aliphatic rings. The molecule has 0 radical (unpaired) electrons. The van der Waals surface area contributed by atoms with Gasteiger partial charge in [0.2, 0.25) is 6.16 Å². The van der Waals surface area contributed by atoms with Crippen LogP contribution in [0.3, 0.4) is 0 Å². The minimum atomic E-state index is -2.03. The van der Waals surface area contributed by atoms with E-state index in [9.17, 15) is 4.57 Å². The van der Waals surface area contributed by atoms with E-state index in [-0.39, 0.29) is 18.6 Å². The van der Waals surface area contributed by atoms with Crippen molar-refractivity contribution in [2.75, 3.05) is 0 Å². The maximum atomic E-state index is 10.3. The van der Waals surface area contributed by atoms with Crippen LogP contribution in [-0.2, 0) is 10.7 Å². The molecule has 4 heteroatoms. The summed E-state index contributed by atoms with van der Waals surface area (Å²) >= 11 is 0. The van der Waals surface area contributed by atoms with Crippen LogP contribution in [0.5, 0.6) is 0 Å². The normalized spacial score (nSPS) is 10.1. The van der Waals surface area contributed by atoms with Crippen LogP contribution in [0.4, 0.5) is 0 Å². The summed E-state index contributed by atoms with van der Waals surface area (Å²) in [7, 11) is -2.03. The number of rotatable bonds is 2. The van der Waals surface area contributed by atoms with Crippen LogP contribution >= 0.6 is 20.4 Å². The molecule has 0 aliphatic heterocycles. The average Bonchev–Trinajstić information content (AvgIpc) is 1.88. The van der Waals surface area contributed by atoms with Gasteiger partial charge in [0.25, 0.3) is 0 Å². The topological polar surface area (TPSA) is 37.3 Å². The van der Waals surface area contributed by atoms with Gasteiger partial charge in [0.05, 0.1) is 0 Å². The lowest BCUT2D eigenvalue weighted by Gasteiger charge is -1.86. The molecule has 60 valence electrons. The Morgan fingerprint density at radius 1 is 1.27 bits per heavy atom. The summed E-state index contributed by atoms with van der Waals surface area (Å²) in [5.41, 5.74) is 0.908. The fourth-order valence-corrected chi connectivity index (χ4v) is 1.26. The minimum absolute atomic E-state index is 0. The van der Waals surface area contributed by atoms with Gasteiger partial charge >= 0.3 is 8.03 Å². The summed E-state index contributed by atoms with van der Waals surface area (Å²) < 4.78 is 10.3. The summed E-state index contributed by atoms with van der Waals surface area (Å²) in [6.45, 7) is 0. The summed E-state index contributed by atoms with van der Waals surface area (Å²) in [6.07, 6.45) is 0.260. The van der Waals surface area contributed by atoms with E-state index in [1.165, 1.54) is 0 Å². The van der Waals surface area contributed by atoms with Crippen molar-refractivity contribution in [3.8, 4) is 0 Å². The molecule has 0 saturated carbocycles. The van der Waals surface area contributed by atoms with Gasteiger partial charge in [0.15, 0.2) is 0 Å². The van der Waals surface area contributed by atoms with Crippen LogP contribution in [-0.4, -0.2) is 4.89 Å². The Morgan fingerprint density at radius 3 is 2.27 bits per heavy atom.